The molecule has 2 N–H and O–H groups in total. The van der Waals surface area contributed by atoms with Crippen molar-refractivity contribution in [1.29, 1.82) is 0 Å². The first-order valence-corrected chi connectivity index (χ1v) is 9.49. The smallest absolute Gasteiger partial charge is 0.500 e. The van der Waals surface area contributed by atoms with Crippen LogP contribution in [-0.2, 0) is 10.4 Å². The van der Waals surface area contributed by atoms with Gasteiger partial charge in [-0.25, -0.2) is 4.79 Å². The van der Waals surface area contributed by atoms with E-state index in [0.29, 0.717) is 17.7 Å². The normalized spacial score (nSPS) is 11.1. The van der Waals surface area contributed by atoms with E-state index in [1.165, 1.54) is 24.3 Å². The van der Waals surface area contributed by atoms with Crippen LogP contribution in [0.3, 0.4) is 0 Å². The Morgan fingerprint density at radius 3 is 2.10 bits per heavy atom. The third-order valence-electron chi connectivity index (χ3n) is 3.54. The van der Waals surface area contributed by atoms with Crippen molar-refractivity contribution in [3.05, 3.63) is 65.7 Å². The number of benzene rings is 2. The highest BCUT2D eigenvalue weighted by Crippen LogP contribution is 2.25. The number of Topliss-reactive ketones (excluding diaryl/α,β-unsaturated/α-hetero) is 1. The molecule has 10 heteroatoms. The Morgan fingerprint density at radius 1 is 1.03 bits per heavy atom. The molecule has 0 amide bonds. The third-order valence-corrected chi connectivity index (χ3v) is 4.33. The molecule has 0 saturated carbocycles. The van der Waals surface area contributed by atoms with Crippen molar-refractivity contribution in [2.45, 2.75) is 0 Å². The van der Waals surface area contributed by atoms with Gasteiger partial charge in [-0.3, -0.25) is 4.79 Å². The van der Waals surface area contributed by atoms with Gasteiger partial charge in [-0.2, -0.15) is 0 Å². The fourth-order valence-electron chi connectivity index (χ4n) is 2.32. The van der Waals surface area contributed by atoms with Gasteiger partial charge in [0.05, 0.1) is 0 Å². The zero-order valence-electron chi connectivity index (χ0n) is 15.7. The van der Waals surface area contributed by atoms with E-state index in [2.05, 4.69) is 6.58 Å². The lowest BCUT2D eigenvalue weighted by Gasteiger charge is -2.12. The summed E-state index contributed by atoms with van der Waals surface area (Å²) < 4.78 is 33.5. The van der Waals surface area contributed by atoms with Crippen molar-refractivity contribution < 1.29 is 36.6 Å². The lowest BCUT2D eigenvalue weighted by Crippen LogP contribution is -2.19. The predicted molar refractivity (Wildman–Crippen MR) is 104 cm³/mol. The van der Waals surface area contributed by atoms with E-state index in [9.17, 15) is 23.1 Å². The van der Waals surface area contributed by atoms with Gasteiger partial charge in [0, 0.05) is 23.7 Å². The molecule has 0 aliphatic carbocycles. The standard InChI is InChI=1S/C19H19NO8S/c1-12(11-20(2)3)18(22)13-4-6-14(7-5-13)27-29(25,26)28-15-8-9-16(19(23)24)17(21)10-15/h4-10,21H,1,11H2,2-3H3,(H,23,24). The Kier molecular flexibility index (Phi) is 6.62. The number of hydrogen-bond donors (Lipinski definition) is 2. The van der Waals surface area contributed by atoms with Gasteiger partial charge in [-0.15, -0.1) is 8.42 Å². The molecule has 0 saturated heterocycles. The van der Waals surface area contributed by atoms with Crippen molar-refractivity contribution in [1.82, 2.24) is 4.90 Å². The van der Waals surface area contributed by atoms with Crippen LogP contribution in [0.5, 0.6) is 17.2 Å². The van der Waals surface area contributed by atoms with Crippen molar-refractivity contribution in [2.24, 2.45) is 0 Å². The lowest BCUT2D eigenvalue weighted by atomic mass is 10.0. The number of phenols is 1. The molecule has 0 unspecified atom stereocenters. The Labute approximate surface area is 167 Å². The number of hydrogen-bond acceptors (Lipinski definition) is 8. The molecule has 0 aromatic heterocycles. The van der Waals surface area contributed by atoms with E-state index in [1.807, 2.05) is 0 Å². The summed E-state index contributed by atoms with van der Waals surface area (Å²) in [4.78, 5) is 24.9. The van der Waals surface area contributed by atoms with Crippen molar-refractivity contribution in [3.63, 3.8) is 0 Å². The average molecular weight is 421 g/mol. The van der Waals surface area contributed by atoms with E-state index in [0.717, 1.165) is 18.2 Å². The predicted octanol–water partition coefficient (Wildman–Crippen LogP) is 2.09. The third kappa shape index (κ3) is 6.06. The van der Waals surface area contributed by atoms with Crippen LogP contribution in [0.25, 0.3) is 0 Å². The van der Waals surface area contributed by atoms with Crippen LogP contribution < -0.4 is 8.37 Å². The Balaban J connectivity index is 2.09. The molecule has 0 aliphatic heterocycles. The summed E-state index contributed by atoms with van der Waals surface area (Å²) in [6.45, 7) is 4.11. The summed E-state index contributed by atoms with van der Waals surface area (Å²) in [6.07, 6.45) is 0. The second kappa shape index (κ2) is 8.76. The van der Waals surface area contributed by atoms with E-state index >= 15 is 0 Å². The molecular formula is C19H19NO8S. The van der Waals surface area contributed by atoms with Crippen LogP contribution in [0, 0.1) is 0 Å². The quantitative estimate of drug-likeness (QED) is 0.461. The minimum Gasteiger partial charge on any atom is -0.507 e. The molecule has 29 heavy (non-hydrogen) atoms. The molecule has 0 heterocycles. The molecule has 154 valence electrons. The molecule has 0 atom stereocenters. The van der Waals surface area contributed by atoms with Gasteiger partial charge in [0.2, 0.25) is 0 Å². The fraction of sp³-hybridized carbons (Fsp3) is 0.158. The number of carboxylic acid groups (broad SMARTS) is 1. The van der Waals surface area contributed by atoms with Crippen LogP contribution in [0.1, 0.15) is 20.7 Å². The summed E-state index contributed by atoms with van der Waals surface area (Å²) in [5.74, 6) is -2.76. The molecule has 0 bridgehead atoms. The van der Waals surface area contributed by atoms with Gasteiger partial charge in [0.15, 0.2) is 5.78 Å². The average Bonchev–Trinajstić information content (AvgIpc) is 2.60. The summed E-state index contributed by atoms with van der Waals surface area (Å²) in [5, 5.41) is 18.4. The topological polar surface area (TPSA) is 130 Å². The number of carbonyl (C=O) groups excluding carboxylic acids is 1. The monoisotopic (exact) mass is 421 g/mol. The number of ketones is 1. The van der Waals surface area contributed by atoms with Crippen molar-refractivity contribution in [3.8, 4) is 17.2 Å². The minimum atomic E-state index is -4.57. The maximum absolute atomic E-state index is 12.2. The first kappa shape index (κ1) is 21.9. The molecule has 9 nitrogen and oxygen atoms in total. The summed E-state index contributed by atoms with van der Waals surface area (Å²) >= 11 is 0. The number of rotatable bonds is 9. The molecule has 0 spiro atoms. The number of aromatic hydroxyl groups is 1. The van der Waals surface area contributed by atoms with Crippen LogP contribution in [0.15, 0.2) is 54.6 Å². The van der Waals surface area contributed by atoms with E-state index in [1.54, 1.807) is 19.0 Å². The first-order chi connectivity index (χ1) is 13.5. The second-order valence-corrected chi connectivity index (χ2v) is 7.40. The molecule has 2 rings (SSSR count). The molecule has 2 aromatic carbocycles. The number of carboxylic acids is 1. The van der Waals surface area contributed by atoms with Gasteiger partial charge in [-0.1, -0.05) is 6.58 Å². The highest BCUT2D eigenvalue weighted by Gasteiger charge is 2.19. The van der Waals surface area contributed by atoms with Crippen LogP contribution in [0.2, 0.25) is 0 Å². The van der Waals surface area contributed by atoms with E-state index < -0.39 is 27.7 Å². The molecule has 0 aliphatic rings. The van der Waals surface area contributed by atoms with Gasteiger partial charge in [0.1, 0.15) is 22.8 Å². The van der Waals surface area contributed by atoms with Crippen LogP contribution >= 0.6 is 0 Å². The number of likely N-dealkylation sites (N-methyl/N-ethyl adjacent to an activating group) is 1. The maximum atomic E-state index is 12.2. The number of carbonyl (C=O) groups is 2. The number of aromatic carboxylic acids is 1. The van der Waals surface area contributed by atoms with Gasteiger partial charge in [-0.05, 0) is 50.5 Å². The molecule has 2 aromatic rings. The van der Waals surface area contributed by atoms with Gasteiger partial charge < -0.3 is 23.5 Å². The summed E-state index contributed by atoms with van der Waals surface area (Å²) in [7, 11) is -0.969. The highest BCUT2D eigenvalue weighted by molar-refractivity contribution is 7.82. The molecule has 0 fully saturated rings. The second-order valence-electron chi connectivity index (χ2n) is 6.25. The first-order valence-electron chi connectivity index (χ1n) is 8.16. The number of nitrogens with zero attached hydrogens (tertiary/aromatic N) is 1. The molecular weight excluding hydrogens is 402 g/mol. The maximum Gasteiger partial charge on any atom is 0.500 e. The Morgan fingerprint density at radius 2 is 1.59 bits per heavy atom. The zero-order valence-corrected chi connectivity index (χ0v) is 16.5. The van der Waals surface area contributed by atoms with Crippen LogP contribution in [-0.4, -0.2) is 55.9 Å². The highest BCUT2D eigenvalue weighted by atomic mass is 32.3. The minimum absolute atomic E-state index is 0.105. The van der Waals surface area contributed by atoms with E-state index in [4.69, 9.17) is 13.5 Å². The summed E-state index contributed by atoms with van der Waals surface area (Å²) in [5.41, 5.74) is 0.285. The van der Waals surface area contributed by atoms with E-state index in [-0.39, 0.29) is 17.3 Å². The van der Waals surface area contributed by atoms with Crippen molar-refractivity contribution in [2.75, 3.05) is 20.6 Å². The largest absolute Gasteiger partial charge is 0.507 e. The van der Waals surface area contributed by atoms with Crippen molar-refractivity contribution >= 4 is 22.2 Å². The zero-order chi connectivity index (χ0) is 21.8. The van der Waals surface area contributed by atoms with Gasteiger partial charge in [0.25, 0.3) is 0 Å². The molecule has 0 radical (unpaired) electrons. The fourth-order valence-corrected chi connectivity index (χ4v) is 3.04. The van der Waals surface area contributed by atoms with Crippen LogP contribution in [0.4, 0.5) is 0 Å². The Hall–Kier alpha value is -3.37. The summed E-state index contributed by atoms with van der Waals surface area (Å²) in [6, 6.07) is 8.22. The van der Waals surface area contributed by atoms with Gasteiger partial charge >= 0.3 is 16.4 Å². The Bertz CT molecular complexity index is 1040. The lowest BCUT2D eigenvalue weighted by molar-refractivity contribution is 0.0693. The SMILES string of the molecule is C=C(CN(C)C)C(=O)c1ccc(OS(=O)(=O)Oc2ccc(C(=O)O)c(O)c2)cc1.